The van der Waals surface area contributed by atoms with Gasteiger partial charge in [-0.3, -0.25) is 19.3 Å². The van der Waals surface area contributed by atoms with Gasteiger partial charge in [-0.05, 0) is 30.5 Å². The van der Waals surface area contributed by atoms with E-state index in [9.17, 15) is 9.59 Å². The lowest BCUT2D eigenvalue weighted by Crippen LogP contribution is -2.41. The van der Waals surface area contributed by atoms with E-state index in [1.54, 1.807) is 40.2 Å². The summed E-state index contributed by atoms with van der Waals surface area (Å²) in [5, 5.41) is 7.28. The maximum absolute atomic E-state index is 12.6. The Morgan fingerprint density at radius 2 is 1.79 bits per heavy atom. The maximum Gasteiger partial charge on any atom is 0.272 e. The molecule has 0 saturated carbocycles. The van der Waals surface area contributed by atoms with E-state index >= 15 is 0 Å². The highest BCUT2D eigenvalue weighted by atomic mass is 16.2. The number of hydrogen-bond acceptors (Lipinski definition) is 4. The van der Waals surface area contributed by atoms with Gasteiger partial charge in [0.25, 0.3) is 5.91 Å². The predicted molar refractivity (Wildman–Crippen MR) is 109 cm³/mol. The fourth-order valence-corrected chi connectivity index (χ4v) is 3.53. The molecule has 0 radical (unpaired) electrons. The number of rotatable bonds is 5. The minimum absolute atomic E-state index is 0.0193. The number of nitrogens with zero attached hydrogens (tertiary/aromatic N) is 4. The highest BCUT2D eigenvalue weighted by molar-refractivity contribution is 5.94. The van der Waals surface area contributed by atoms with Crippen LogP contribution in [-0.4, -0.2) is 44.6 Å². The van der Waals surface area contributed by atoms with Gasteiger partial charge in [0.15, 0.2) is 0 Å². The Hall–Kier alpha value is -3.48. The van der Waals surface area contributed by atoms with Gasteiger partial charge in [0.1, 0.15) is 5.69 Å². The second kappa shape index (κ2) is 8.68. The summed E-state index contributed by atoms with van der Waals surface area (Å²) in [4.78, 5) is 31.0. The third-order valence-electron chi connectivity index (χ3n) is 5.13. The van der Waals surface area contributed by atoms with Crippen LogP contribution in [0.3, 0.4) is 0 Å². The van der Waals surface area contributed by atoms with Crippen LogP contribution >= 0.6 is 0 Å². The molecule has 0 aliphatic carbocycles. The molecule has 3 heterocycles. The molecule has 4 rings (SSSR count). The Bertz CT molecular complexity index is 963. The summed E-state index contributed by atoms with van der Waals surface area (Å²) in [6.07, 6.45) is 6.40. The monoisotopic (exact) mass is 389 g/mol. The van der Waals surface area contributed by atoms with E-state index in [4.69, 9.17) is 0 Å². The van der Waals surface area contributed by atoms with E-state index in [0.717, 1.165) is 5.56 Å². The van der Waals surface area contributed by atoms with Gasteiger partial charge in [0.05, 0.1) is 18.4 Å². The van der Waals surface area contributed by atoms with Crippen LogP contribution in [0.5, 0.6) is 0 Å². The van der Waals surface area contributed by atoms with Gasteiger partial charge < -0.3 is 10.2 Å². The van der Waals surface area contributed by atoms with Crippen LogP contribution in [0.4, 0.5) is 5.69 Å². The maximum atomic E-state index is 12.6. The van der Waals surface area contributed by atoms with Gasteiger partial charge in [0.2, 0.25) is 5.91 Å². The van der Waals surface area contributed by atoms with E-state index < -0.39 is 0 Å². The largest absolute Gasteiger partial charge is 0.337 e. The summed E-state index contributed by atoms with van der Waals surface area (Å²) in [5.74, 6) is -0.207. The van der Waals surface area contributed by atoms with Crippen LogP contribution in [0.1, 0.15) is 28.9 Å². The molecular formula is C22H23N5O2. The average Bonchev–Trinajstić information content (AvgIpc) is 3.21. The Morgan fingerprint density at radius 1 is 1.03 bits per heavy atom. The molecule has 1 saturated heterocycles. The molecule has 0 atom stereocenters. The first-order valence-corrected chi connectivity index (χ1v) is 9.76. The normalized spacial score (nSPS) is 14.6. The fourth-order valence-electron chi connectivity index (χ4n) is 3.53. The van der Waals surface area contributed by atoms with Gasteiger partial charge in [-0.1, -0.05) is 36.4 Å². The van der Waals surface area contributed by atoms with E-state index in [-0.39, 0.29) is 17.7 Å². The third-order valence-corrected chi connectivity index (χ3v) is 5.13. The summed E-state index contributed by atoms with van der Waals surface area (Å²) in [5.41, 5.74) is 2.29. The Balaban J connectivity index is 1.28. The highest BCUT2D eigenvalue weighted by Gasteiger charge is 2.28. The van der Waals surface area contributed by atoms with Crippen molar-refractivity contribution in [3.8, 4) is 0 Å². The van der Waals surface area contributed by atoms with Crippen molar-refractivity contribution in [3.05, 3.63) is 78.4 Å². The molecule has 2 amide bonds. The standard InChI is InChI=1S/C22H23N5O2/c28-21(25-19-14-24-27(16-19)15-17-6-2-1-3-7-17)18-9-12-26(13-10-18)22(29)20-8-4-5-11-23-20/h1-8,11,14,16,18H,9-10,12-13,15H2,(H,25,28). The average molecular weight is 389 g/mol. The van der Waals surface area contributed by atoms with E-state index in [2.05, 4.69) is 15.4 Å². The Labute approximate surface area is 169 Å². The zero-order chi connectivity index (χ0) is 20.1. The topological polar surface area (TPSA) is 80.1 Å². The van der Waals surface area contributed by atoms with E-state index in [0.29, 0.717) is 43.9 Å². The first kappa shape index (κ1) is 18.9. The number of piperidine rings is 1. The zero-order valence-electron chi connectivity index (χ0n) is 16.1. The highest BCUT2D eigenvalue weighted by Crippen LogP contribution is 2.20. The molecule has 7 heteroatoms. The Kier molecular flexibility index (Phi) is 5.65. The number of benzene rings is 1. The van der Waals surface area contributed by atoms with Crippen LogP contribution in [-0.2, 0) is 11.3 Å². The lowest BCUT2D eigenvalue weighted by atomic mass is 9.95. The number of carbonyl (C=O) groups excluding carboxylic acids is 2. The number of hydrogen-bond donors (Lipinski definition) is 1. The van der Waals surface area contributed by atoms with Gasteiger partial charge >= 0.3 is 0 Å². The molecule has 1 aromatic carbocycles. The van der Waals surface area contributed by atoms with Crippen LogP contribution in [0.2, 0.25) is 0 Å². The van der Waals surface area contributed by atoms with Crippen molar-refractivity contribution in [3.63, 3.8) is 0 Å². The summed E-state index contributed by atoms with van der Waals surface area (Å²) >= 11 is 0. The van der Waals surface area contributed by atoms with Crippen molar-refractivity contribution < 1.29 is 9.59 Å². The molecule has 29 heavy (non-hydrogen) atoms. The van der Waals surface area contributed by atoms with Crippen molar-refractivity contribution in [2.24, 2.45) is 5.92 Å². The summed E-state index contributed by atoms with van der Waals surface area (Å²) in [6.45, 7) is 1.77. The summed E-state index contributed by atoms with van der Waals surface area (Å²) < 4.78 is 1.80. The van der Waals surface area contributed by atoms with Gasteiger partial charge in [-0.25, -0.2) is 0 Å². The molecule has 7 nitrogen and oxygen atoms in total. The molecule has 1 aliphatic rings. The van der Waals surface area contributed by atoms with Crippen molar-refractivity contribution in [1.82, 2.24) is 19.7 Å². The number of aromatic nitrogens is 3. The first-order valence-electron chi connectivity index (χ1n) is 9.76. The molecule has 0 spiro atoms. The predicted octanol–water partition coefficient (Wildman–Crippen LogP) is 2.82. The molecule has 0 bridgehead atoms. The SMILES string of the molecule is O=C(Nc1cnn(Cc2ccccc2)c1)C1CCN(C(=O)c2ccccn2)CC1. The number of nitrogens with one attached hydrogen (secondary N) is 1. The Morgan fingerprint density at radius 3 is 2.52 bits per heavy atom. The minimum Gasteiger partial charge on any atom is -0.337 e. The molecule has 2 aromatic heterocycles. The second-order valence-corrected chi connectivity index (χ2v) is 7.18. The number of anilines is 1. The number of amides is 2. The number of pyridine rings is 1. The molecule has 1 N–H and O–H groups in total. The summed E-state index contributed by atoms with van der Waals surface area (Å²) in [7, 11) is 0. The second-order valence-electron chi connectivity index (χ2n) is 7.18. The molecule has 148 valence electrons. The lowest BCUT2D eigenvalue weighted by Gasteiger charge is -2.31. The van der Waals surface area contributed by atoms with Gasteiger partial charge in [0, 0.05) is 31.4 Å². The van der Waals surface area contributed by atoms with Gasteiger partial charge in [-0.15, -0.1) is 0 Å². The quantitative estimate of drug-likeness (QED) is 0.728. The van der Waals surface area contributed by atoms with Crippen LogP contribution < -0.4 is 5.32 Å². The first-order chi connectivity index (χ1) is 14.2. The van der Waals surface area contributed by atoms with Crippen LogP contribution in [0.25, 0.3) is 0 Å². The van der Waals surface area contributed by atoms with Crippen molar-refractivity contribution in [2.45, 2.75) is 19.4 Å². The molecule has 3 aromatic rings. The third kappa shape index (κ3) is 4.68. The fraction of sp³-hybridized carbons (Fsp3) is 0.273. The van der Waals surface area contributed by atoms with Gasteiger partial charge in [-0.2, -0.15) is 5.10 Å². The molecular weight excluding hydrogens is 366 g/mol. The van der Waals surface area contributed by atoms with E-state index in [1.165, 1.54) is 0 Å². The summed E-state index contributed by atoms with van der Waals surface area (Å²) in [6, 6.07) is 15.4. The number of carbonyl (C=O) groups is 2. The van der Waals surface area contributed by atoms with Crippen LogP contribution in [0, 0.1) is 5.92 Å². The van der Waals surface area contributed by atoms with Crippen LogP contribution in [0.15, 0.2) is 67.1 Å². The van der Waals surface area contributed by atoms with E-state index in [1.807, 2.05) is 36.5 Å². The lowest BCUT2D eigenvalue weighted by molar-refractivity contribution is -0.121. The molecule has 1 fully saturated rings. The van der Waals surface area contributed by atoms with Crippen molar-refractivity contribution in [2.75, 3.05) is 18.4 Å². The molecule has 0 unspecified atom stereocenters. The molecule has 1 aliphatic heterocycles. The van der Waals surface area contributed by atoms with Crippen molar-refractivity contribution >= 4 is 17.5 Å². The smallest absolute Gasteiger partial charge is 0.272 e. The minimum atomic E-state index is -0.111. The zero-order valence-corrected chi connectivity index (χ0v) is 16.1. The van der Waals surface area contributed by atoms with Crippen molar-refractivity contribution in [1.29, 1.82) is 0 Å². The number of likely N-dealkylation sites (tertiary alicyclic amines) is 1.